The maximum atomic E-state index is 6.69. The van der Waals surface area contributed by atoms with Crippen LogP contribution in [-0.4, -0.2) is 11.3 Å². The third-order valence-electron chi connectivity index (χ3n) is 6.40. The SMILES string of the molecule is C[C@H]([C@@H](C)P(=S)(c1ccccc1)c1ccccc1)P(=S)(c1ccccc1)c1ccccc1. The first-order chi connectivity index (χ1) is 15.5. The van der Waals surface area contributed by atoms with Gasteiger partial charge < -0.3 is 0 Å². The number of benzene rings is 4. The average Bonchev–Trinajstić information content (AvgIpc) is 2.89. The predicted octanol–water partition coefficient (Wildman–Crippen LogP) is 6.02. The first-order valence-corrected chi connectivity index (χ1v) is 16.6. The van der Waals surface area contributed by atoms with Gasteiger partial charge in [-0.3, -0.25) is 0 Å². The molecule has 0 radical (unpaired) electrons. The van der Waals surface area contributed by atoms with Crippen LogP contribution in [0.5, 0.6) is 0 Å². The minimum Gasteiger partial charge on any atom is -0.0873 e. The van der Waals surface area contributed by atoms with E-state index in [2.05, 4.69) is 135 Å². The standard InChI is InChI=1S/C28H28P2S2/c1-23(29(31,25-15-7-3-8-16-25)26-17-9-4-10-18-26)24(2)30(32,27-19-11-5-12-20-27)28-21-13-6-14-22-28/h3-24H,1-2H3/t23-,24-/m1/s1. The van der Waals surface area contributed by atoms with Crippen molar-refractivity contribution in [3.63, 3.8) is 0 Å². The molecule has 0 fully saturated rings. The van der Waals surface area contributed by atoms with Gasteiger partial charge in [-0.15, -0.1) is 0 Å². The average molecular weight is 491 g/mol. The minimum absolute atomic E-state index is 0.244. The second-order valence-electron chi connectivity index (χ2n) is 8.14. The van der Waals surface area contributed by atoms with Crippen molar-refractivity contribution in [3.05, 3.63) is 121 Å². The largest absolute Gasteiger partial charge is 0.0873 e. The molecule has 0 aliphatic carbocycles. The summed E-state index contributed by atoms with van der Waals surface area (Å²) in [6.07, 6.45) is 0. The molecule has 0 amide bonds. The maximum Gasteiger partial charge on any atom is 0.0139 e. The lowest BCUT2D eigenvalue weighted by Gasteiger charge is -2.40. The zero-order valence-electron chi connectivity index (χ0n) is 18.4. The summed E-state index contributed by atoms with van der Waals surface area (Å²) in [6.45, 7) is 4.69. The van der Waals surface area contributed by atoms with E-state index in [4.69, 9.17) is 23.6 Å². The molecule has 4 heteroatoms. The van der Waals surface area contributed by atoms with E-state index in [1.807, 2.05) is 0 Å². The highest BCUT2D eigenvalue weighted by molar-refractivity contribution is 8.24. The topological polar surface area (TPSA) is 0 Å². The Balaban J connectivity index is 1.91. The summed E-state index contributed by atoms with van der Waals surface area (Å²) in [4.78, 5) is 0. The molecule has 0 aliphatic heterocycles. The fraction of sp³-hybridized carbons (Fsp3) is 0.143. The third kappa shape index (κ3) is 4.23. The highest BCUT2D eigenvalue weighted by Crippen LogP contribution is 2.60. The maximum absolute atomic E-state index is 6.69. The van der Waals surface area contributed by atoms with Crippen molar-refractivity contribution in [2.75, 3.05) is 0 Å². The summed E-state index contributed by atoms with van der Waals surface area (Å²) < 4.78 is 0. The van der Waals surface area contributed by atoms with Gasteiger partial charge in [-0.25, -0.2) is 0 Å². The normalized spacial score (nSPS) is 13.9. The summed E-state index contributed by atoms with van der Waals surface area (Å²) >= 11 is 13.4. The first kappa shape index (κ1) is 23.3. The fourth-order valence-electron chi connectivity index (χ4n) is 4.44. The molecule has 0 spiro atoms. The minimum atomic E-state index is -2.11. The molecule has 4 aromatic carbocycles. The van der Waals surface area contributed by atoms with Gasteiger partial charge in [-0.1, -0.05) is 159 Å². The molecule has 0 nitrogen and oxygen atoms in total. The van der Waals surface area contributed by atoms with Crippen molar-refractivity contribution >= 4 is 56.9 Å². The molecule has 4 rings (SSSR count). The van der Waals surface area contributed by atoms with E-state index in [1.54, 1.807) is 0 Å². The van der Waals surface area contributed by atoms with Crippen LogP contribution in [0, 0.1) is 0 Å². The predicted molar refractivity (Wildman–Crippen MR) is 152 cm³/mol. The Hall–Kier alpha value is -1.82. The van der Waals surface area contributed by atoms with Gasteiger partial charge in [0.25, 0.3) is 0 Å². The molecule has 2 atom stereocenters. The van der Waals surface area contributed by atoms with Crippen LogP contribution < -0.4 is 21.2 Å². The van der Waals surface area contributed by atoms with E-state index < -0.39 is 12.1 Å². The van der Waals surface area contributed by atoms with Gasteiger partial charge in [-0.05, 0) is 21.2 Å². The van der Waals surface area contributed by atoms with Gasteiger partial charge in [0.15, 0.2) is 0 Å². The molecular weight excluding hydrogens is 462 g/mol. The molecule has 4 aromatic rings. The van der Waals surface area contributed by atoms with Crippen molar-refractivity contribution in [2.45, 2.75) is 25.2 Å². The molecule has 0 aromatic heterocycles. The first-order valence-electron chi connectivity index (χ1n) is 10.9. The van der Waals surface area contributed by atoms with Gasteiger partial charge in [-0.2, -0.15) is 0 Å². The van der Waals surface area contributed by atoms with E-state index in [0.717, 1.165) is 0 Å². The van der Waals surface area contributed by atoms with Crippen LogP contribution in [0.1, 0.15) is 13.8 Å². The van der Waals surface area contributed by atoms with Crippen molar-refractivity contribution in [1.82, 2.24) is 0 Å². The van der Waals surface area contributed by atoms with Gasteiger partial charge in [0.1, 0.15) is 0 Å². The number of hydrogen-bond acceptors (Lipinski definition) is 2. The molecule has 0 saturated heterocycles. The monoisotopic (exact) mass is 490 g/mol. The van der Waals surface area contributed by atoms with Gasteiger partial charge in [0, 0.05) is 23.4 Å². The van der Waals surface area contributed by atoms with E-state index in [-0.39, 0.29) is 11.3 Å². The molecule has 32 heavy (non-hydrogen) atoms. The highest BCUT2D eigenvalue weighted by atomic mass is 32.4. The Bertz CT molecular complexity index is 1050. The second-order valence-corrected chi connectivity index (χ2v) is 17.9. The summed E-state index contributed by atoms with van der Waals surface area (Å²) in [6, 6.07) is 38.7. The Morgan fingerprint density at radius 2 is 0.594 bits per heavy atom. The lowest BCUT2D eigenvalue weighted by Crippen LogP contribution is -2.35. The van der Waals surface area contributed by atoms with E-state index >= 15 is 0 Å². The van der Waals surface area contributed by atoms with Crippen LogP contribution in [0.25, 0.3) is 0 Å². The lowest BCUT2D eigenvalue weighted by molar-refractivity contribution is 0.910. The van der Waals surface area contributed by atoms with E-state index in [1.165, 1.54) is 21.2 Å². The summed E-state index contributed by atoms with van der Waals surface area (Å²) in [7, 11) is 0. The van der Waals surface area contributed by atoms with Crippen molar-refractivity contribution in [1.29, 1.82) is 0 Å². The number of rotatable bonds is 7. The van der Waals surface area contributed by atoms with Crippen molar-refractivity contribution in [2.24, 2.45) is 0 Å². The molecule has 162 valence electrons. The Morgan fingerprint density at radius 1 is 0.406 bits per heavy atom. The van der Waals surface area contributed by atoms with E-state index in [9.17, 15) is 0 Å². The van der Waals surface area contributed by atoms with Crippen LogP contribution in [0.2, 0.25) is 0 Å². The quantitative estimate of drug-likeness (QED) is 0.291. The second kappa shape index (κ2) is 9.98. The molecule has 0 N–H and O–H groups in total. The molecule has 0 aliphatic rings. The Labute approximate surface area is 202 Å². The summed E-state index contributed by atoms with van der Waals surface area (Å²) in [5.41, 5.74) is 0.488. The molecule has 0 unspecified atom stereocenters. The van der Waals surface area contributed by atoms with Crippen molar-refractivity contribution < 1.29 is 0 Å². The van der Waals surface area contributed by atoms with Crippen LogP contribution in [0.15, 0.2) is 121 Å². The Morgan fingerprint density at radius 3 is 0.781 bits per heavy atom. The molecular formula is C28H28P2S2. The van der Waals surface area contributed by atoms with Crippen molar-refractivity contribution in [3.8, 4) is 0 Å². The zero-order chi connectivity index (χ0) is 22.6. The van der Waals surface area contributed by atoms with Gasteiger partial charge in [0.2, 0.25) is 0 Å². The van der Waals surface area contributed by atoms with Gasteiger partial charge >= 0.3 is 0 Å². The molecule has 0 heterocycles. The van der Waals surface area contributed by atoms with Crippen LogP contribution in [0.3, 0.4) is 0 Å². The zero-order valence-corrected chi connectivity index (χ0v) is 21.8. The smallest absolute Gasteiger partial charge is 0.0139 e. The summed E-state index contributed by atoms with van der Waals surface area (Å²) in [5, 5.41) is 5.07. The molecule has 0 saturated carbocycles. The van der Waals surface area contributed by atoms with Crippen LogP contribution in [-0.2, 0) is 23.6 Å². The van der Waals surface area contributed by atoms with Gasteiger partial charge in [0.05, 0.1) is 0 Å². The number of hydrogen-bond donors (Lipinski definition) is 0. The van der Waals surface area contributed by atoms with Crippen LogP contribution in [0.4, 0.5) is 0 Å². The Kier molecular flexibility index (Phi) is 7.28. The highest BCUT2D eigenvalue weighted by Gasteiger charge is 2.40. The fourth-order valence-corrected chi connectivity index (χ4v) is 14.9. The lowest BCUT2D eigenvalue weighted by atomic mass is 10.3. The third-order valence-corrected chi connectivity index (χ3v) is 18.6. The molecule has 0 bridgehead atoms. The summed E-state index contributed by atoms with van der Waals surface area (Å²) in [5.74, 6) is 0. The van der Waals surface area contributed by atoms with Crippen LogP contribution >= 0.6 is 12.1 Å². The van der Waals surface area contributed by atoms with E-state index in [0.29, 0.717) is 0 Å².